The first-order valence-corrected chi connectivity index (χ1v) is 7.10. The van der Waals surface area contributed by atoms with Crippen LogP contribution in [0.2, 0.25) is 0 Å². The summed E-state index contributed by atoms with van der Waals surface area (Å²) in [5.74, 6) is 0.0857. The monoisotopic (exact) mass is 263 g/mol. The second-order valence-corrected chi connectivity index (χ2v) is 5.65. The summed E-state index contributed by atoms with van der Waals surface area (Å²) < 4.78 is 0. The summed E-state index contributed by atoms with van der Waals surface area (Å²) in [4.78, 5) is 24.8. The zero-order chi connectivity index (χ0) is 13.8. The standard InChI is InChI=1S/C14H21N3O2/c1-2-3-10-4-5-11(7-15)12(6-10)17-8-13(18)16-14(19)9-17/h10-12H,2-6,8-9H2,1H3,(H,16,18,19). The molecule has 0 spiro atoms. The maximum atomic E-state index is 11.5. The van der Waals surface area contributed by atoms with Crippen LogP contribution in [0.4, 0.5) is 0 Å². The van der Waals surface area contributed by atoms with Crippen molar-refractivity contribution in [1.82, 2.24) is 10.2 Å². The van der Waals surface area contributed by atoms with Crippen molar-refractivity contribution in [2.24, 2.45) is 11.8 Å². The summed E-state index contributed by atoms with van der Waals surface area (Å²) in [6.07, 6.45) is 5.23. The van der Waals surface area contributed by atoms with Crippen LogP contribution in [0.25, 0.3) is 0 Å². The summed E-state index contributed by atoms with van der Waals surface area (Å²) in [6.45, 7) is 2.66. The lowest BCUT2D eigenvalue weighted by molar-refractivity contribution is -0.138. The molecule has 2 amide bonds. The van der Waals surface area contributed by atoms with Gasteiger partial charge in [0.2, 0.25) is 11.8 Å². The second-order valence-electron chi connectivity index (χ2n) is 5.65. The summed E-state index contributed by atoms with van der Waals surface area (Å²) >= 11 is 0. The number of nitrogens with one attached hydrogen (secondary N) is 1. The molecular formula is C14H21N3O2. The van der Waals surface area contributed by atoms with Gasteiger partial charge in [-0.3, -0.25) is 19.8 Å². The summed E-state index contributed by atoms with van der Waals surface area (Å²) in [5.41, 5.74) is 0. The number of imide groups is 1. The second kappa shape index (κ2) is 6.16. The Bertz CT molecular complexity index is 386. The van der Waals surface area contributed by atoms with E-state index in [1.807, 2.05) is 4.90 Å². The number of hydrogen-bond acceptors (Lipinski definition) is 4. The van der Waals surface area contributed by atoms with E-state index in [1.165, 1.54) is 6.42 Å². The van der Waals surface area contributed by atoms with Crippen LogP contribution in [-0.2, 0) is 9.59 Å². The molecule has 5 nitrogen and oxygen atoms in total. The molecule has 5 heteroatoms. The molecule has 2 fully saturated rings. The number of nitrogens with zero attached hydrogens (tertiary/aromatic N) is 2. The lowest BCUT2D eigenvalue weighted by Gasteiger charge is -2.41. The van der Waals surface area contributed by atoms with Crippen LogP contribution in [0.3, 0.4) is 0 Å². The molecule has 3 atom stereocenters. The van der Waals surface area contributed by atoms with Gasteiger partial charge in [-0.25, -0.2) is 0 Å². The third-order valence-corrected chi connectivity index (χ3v) is 4.23. The molecule has 1 heterocycles. The number of rotatable bonds is 3. The Morgan fingerprint density at radius 2 is 2.00 bits per heavy atom. The predicted octanol–water partition coefficient (Wildman–Crippen LogP) is 1.05. The van der Waals surface area contributed by atoms with E-state index in [0.717, 1.165) is 25.7 Å². The third kappa shape index (κ3) is 3.32. The molecule has 104 valence electrons. The average molecular weight is 263 g/mol. The Kier molecular flexibility index (Phi) is 4.54. The SMILES string of the molecule is CCCC1CCC(C#N)C(N2CC(=O)NC(=O)C2)C1. The lowest BCUT2D eigenvalue weighted by Crippen LogP contribution is -2.57. The lowest BCUT2D eigenvalue weighted by atomic mass is 9.76. The van der Waals surface area contributed by atoms with Gasteiger partial charge in [-0.2, -0.15) is 5.26 Å². The Morgan fingerprint density at radius 3 is 2.58 bits per heavy atom. The van der Waals surface area contributed by atoms with E-state index in [4.69, 9.17) is 0 Å². The highest BCUT2D eigenvalue weighted by molar-refractivity contribution is 5.99. The van der Waals surface area contributed by atoms with Gasteiger partial charge in [0.1, 0.15) is 0 Å². The van der Waals surface area contributed by atoms with E-state index < -0.39 is 0 Å². The van der Waals surface area contributed by atoms with Crippen LogP contribution in [-0.4, -0.2) is 35.8 Å². The molecule has 2 rings (SSSR count). The normalized spacial score (nSPS) is 32.7. The Hall–Kier alpha value is -1.41. The zero-order valence-electron chi connectivity index (χ0n) is 11.4. The van der Waals surface area contributed by atoms with Crippen LogP contribution in [0.5, 0.6) is 0 Å². The number of piperazine rings is 1. The summed E-state index contributed by atoms with van der Waals surface area (Å²) in [6, 6.07) is 2.42. The fourth-order valence-electron chi connectivity index (χ4n) is 3.35. The fourth-order valence-corrected chi connectivity index (χ4v) is 3.35. The van der Waals surface area contributed by atoms with Gasteiger partial charge in [0.05, 0.1) is 25.1 Å². The van der Waals surface area contributed by atoms with Gasteiger partial charge in [0.15, 0.2) is 0 Å². The van der Waals surface area contributed by atoms with Crippen LogP contribution in [0, 0.1) is 23.2 Å². The molecule has 0 aromatic carbocycles. The Morgan fingerprint density at radius 1 is 1.32 bits per heavy atom. The minimum absolute atomic E-state index is 0.0493. The zero-order valence-corrected chi connectivity index (χ0v) is 11.4. The van der Waals surface area contributed by atoms with Gasteiger partial charge in [-0.05, 0) is 25.2 Å². The first kappa shape index (κ1) is 14.0. The minimum atomic E-state index is -0.245. The highest BCUT2D eigenvalue weighted by atomic mass is 16.2. The first-order chi connectivity index (χ1) is 9.13. The fraction of sp³-hybridized carbons (Fsp3) is 0.786. The number of hydrogen-bond donors (Lipinski definition) is 1. The molecule has 1 aliphatic heterocycles. The highest BCUT2D eigenvalue weighted by Crippen LogP contribution is 2.34. The van der Waals surface area contributed by atoms with Crippen LogP contribution < -0.4 is 5.32 Å². The van der Waals surface area contributed by atoms with Gasteiger partial charge in [-0.15, -0.1) is 0 Å². The predicted molar refractivity (Wildman–Crippen MR) is 69.9 cm³/mol. The molecule has 2 aliphatic rings. The molecule has 1 saturated carbocycles. The number of carbonyl (C=O) groups excluding carboxylic acids is 2. The Balaban J connectivity index is 2.07. The van der Waals surface area contributed by atoms with E-state index >= 15 is 0 Å². The molecule has 0 aromatic heterocycles. The topological polar surface area (TPSA) is 73.2 Å². The van der Waals surface area contributed by atoms with Crippen LogP contribution in [0.15, 0.2) is 0 Å². The number of carbonyl (C=O) groups is 2. The van der Waals surface area contributed by atoms with E-state index in [0.29, 0.717) is 5.92 Å². The van der Waals surface area contributed by atoms with Gasteiger partial charge >= 0.3 is 0 Å². The molecule has 0 aromatic rings. The first-order valence-electron chi connectivity index (χ1n) is 7.10. The average Bonchev–Trinajstić information content (AvgIpc) is 2.38. The molecule has 1 N–H and O–H groups in total. The van der Waals surface area contributed by atoms with Crippen molar-refractivity contribution in [2.45, 2.75) is 45.1 Å². The van der Waals surface area contributed by atoms with Crippen molar-refractivity contribution in [1.29, 1.82) is 5.26 Å². The largest absolute Gasteiger partial charge is 0.294 e. The van der Waals surface area contributed by atoms with E-state index in [2.05, 4.69) is 18.3 Å². The van der Waals surface area contributed by atoms with Crippen LogP contribution >= 0.6 is 0 Å². The minimum Gasteiger partial charge on any atom is -0.294 e. The van der Waals surface area contributed by atoms with E-state index in [-0.39, 0.29) is 36.9 Å². The molecule has 19 heavy (non-hydrogen) atoms. The molecule has 1 saturated heterocycles. The number of amides is 2. The summed E-state index contributed by atoms with van der Waals surface area (Å²) in [7, 11) is 0. The molecule has 3 unspecified atom stereocenters. The van der Waals surface area contributed by atoms with Crippen molar-refractivity contribution >= 4 is 11.8 Å². The maximum Gasteiger partial charge on any atom is 0.240 e. The Labute approximate surface area is 113 Å². The van der Waals surface area contributed by atoms with Gasteiger partial charge in [-0.1, -0.05) is 19.8 Å². The highest BCUT2D eigenvalue weighted by Gasteiger charge is 2.37. The van der Waals surface area contributed by atoms with E-state index in [1.54, 1.807) is 0 Å². The molecule has 0 bridgehead atoms. The van der Waals surface area contributed by atoms with E-state index in [9.17, 15) is 14.9 Å². The number of nitriles is 1. The summed E-state index contributed by atoms with van der Waals surface area (Å²) in [5, 5.41) is 11.6. The van der Waals surface area contributed by atoms with Gasteiger partial charge in [0, 0.05) is 6.04 Å². The maximum absolute atomic E-state index is 11.5. The van der Waals surface area contributed by atoms with Crippen molar-refractivity contribution in [3.63, 3.8) is 0 Å². The smallest absolute Gasteiger partial charge is 0.240 e. The van der Waals surface area contributed by atoms with Crippen molar-refractivity contribution in [3.8, 4) is 6.07 Å². The molecular weight excluding hydrogens is 242 g/mol. The molecule has 1 aliphatic carbocycles. The van der Waals surface area contributed by atoms with Crippen LogP contribution in [0.1, 0.15) is 39.0 Å². The van der Waals surface area contributed by atoms with Crippen molar-refractivity contribution in [3.05, 3.63) is 0 Å². The third-order valence-electron chi connectivity index (χ3n) is 4.23. The van der Waals surface area contributed by atoms with Crippen molar-refractivity contribution < 1.29 is 9.59 Å². The van der Waals surface area contributed by atoms with Gasteiger partial charge in [0.25, 0.3) is 0 Å². The van der Waals surface area contributed by atoms with Gasteiger partial charge < -0.3 is 0 Å². The molecule has 0 radical (unpaired) electrons. The van der Waals surface area contributed by atoms with Crippen molar-refractivity contribution in [2.75, 3.05) is 13.1 Å². The quantitative estimate of drug-likeness (QED) is 0.773.